The lowest BCUT2D eigenvalue weighted by atomic mass is 9.98. The first-order valence-corrected chi connectivity index (χ1v) is 11.5. The van der Waals surface area contributed by atoms with Crippen LogP contribution in [0.2, 0.25) is 0 Å². The van der Waals surface area contributed by atoms with Crippen molar-refractivity contribution in [2.45, 2.75) is 17.7 Å². The average molecular weight is 478 g/mol. The first-order valence-electron chi connectivity index (χ1n) is 10.0. The van der Waals surface area contributed by atoms with Gasteiger partial charge in [0.15, 0.2) is 0 Å². The number of nitrogens with zero attached hydrogens (tertiary/aromatic N) is 1. The monoisotopic (exact) mass is 478 g/mol. The summed E-state index contributed by atoms with van der Waals surface area (Å²) in [6.07, 6.45) is 0.899. The summed E-state index contributed by atoms with van der Waals surface area (Å²) < 4.78 is 49.5. The van der Waals surface area contributed by atoms with Crippen LogP contribution in [0.25, 0.3) is 0 Å². The minimum Gasteiger partial charge on any atom is -0.465 e. The van der Waals surface area contributed by atoms with Crippen molar-refractivity contribution in [1.82, 2.24) is 4.31 Å². The van der Waals surface area contributed by atoms with Crippen LogP contribution in [-0.4, -0.2) is 57.9 Å². The van der Waals surface area contributed by atoms with Gasteiger partial charge in [0.05, 0.1) is 36.2 Å². The van der Waals surface area contributed by atoms with Gasteiger partial charge in [-0.05, 0) is 55.3 Å². The number of rotatable bonds is 6. The van der Waals surface area contributed by atoms with Gasteiger partial charge in [-0.15, -0.1) is 0 Å². The summed E-state index contributed by atoms with van der Waals surface area (Å²) in [5.74, 6) is -3.09. The van der Waals surface area contributed by atoms with Crippen molar-refractivity contribution in [3.63, 3.8) is 0 Å². The molecule has 1 N–H and O–H groups in total. The second kappa shape index (κ2) is 10.1. The van der Waals surface area contributed by atoms with Gasteiger partial charge in [0, 0.05) is 18.8 Å². The minimum absolute atomic E-state index is 0.0415. The normalized spacial score (nSPS) is 16.6. The second-order valence-corrected chi connectivity index (χ2v) is 9.37. The lowest BCUT2D eigenvalue weighted by Crippen LogP contribution is -2.43. The van der Waals surface area contributed by atoms with Crippen molar-refractivity contribution in [3.05, 3.63) is 59.4 Å². The average Bonchev–Trinajstić information content (AvgIpc) is 2.83. The van der Waals surface area contributed by atoms with Crippen LogP contribution < -0.4 is 5.32 Å². The summed E-state index contributed by atoms with van der Waals surface area (Å²) in [6, 6.07) is 8.48. The predicted molar refractivity (Wildman–Crippen MR) is 116 cm³/mol. The number of ether oxygens (including phenoxy) is 2. The van der Waals surface area contributed by atoms with Crippen LogP contribution in [0.5, 0.6) is 0 Å². The van der Waals surface area contributed by atoms with Crippen LogP contribution in [0.4, 0.5) is 10.1 Å². The van der Waals surface area contributed by atoms with Crippen molar-refractivity contribution in [1.29, 1.82) is 0 Å². The maximum absolute atomic E-state index is 13.2. The number of methoxy groups -OCH3 is 2. The fraction of sp³-hybridized carbons (Fsp3) is 0.318. The Balaban J connectivity index is 1.79. The molecule has 1 aliphatic rings. The molecule has 1 fully saturated rings. The smallest absolute Gasteiger partial charge is 0.337 e. The summed E-state index contributed by atoms with van der Waals surface area (Å²) in [7, 11) is -1.53. The van der Waals surface area contributed by atoms with E-state index in [9.17, 15) is 27.2 Å². The highest BCUT2D eigenvalue weighted by atomic mass is 32.2. The number of carbonyl (C=O) groups excluding carboxylic acids is 3. The van der Waals surface area contributed by atoms with Crippen molar-refractivity contribution in [2.24, 2.45) is 5.92 Å². The van der Waals surface area contributed by atoms with E-state index in [-0.39, 0.29) is 34.8 Å². The number of carbonyl (C=O) groups is 3. The Bertz CT molecular complexity index is 1130. The largest absolute Gasteiger partial charge is 0.465 e. The molecule has 33 heavy (non-hydrogen) atoms. The Labute approximate surface area is 190 Å². The number of benzene rings is 2. The van der Waals surface area contributed by atoms with Crippen LogP contribution in [0.3, 0.4) is 0 Å². The zero-order valence-corrected chi connectivity index (χ0v) is 18.9. The van der Waals surface area contributed by atoms with E-state index in [1.54, 1.807) is 0 Å². The van der Waals surface area contributed by atoms with E-state index in [4.69, 9.17) is 0 Å². The standard InChI is InChI=1S/C22H23FN2O7S/c1-31-21(27)15-10-16(22(28)32-2)12-18(11-15)24-20(26)14-4-3-9-25(13-14)33(29,30)19-7-5-17(23)6-8-19/h5-8,10-12,14H,3-4,9,13H2,1-2H3,(H,24,26). The molecule has 1 heterocycles. The third-order valence-electron chi connectivity index (χ3n) is 5.25. The molecule has 9 nitrogen and oxygen atoms in total. The molecule has 176 valence electrons. The first kappa shape index (κ1) is 24.3. The van der Waals surface area contributed by atoms with Crippen LogP contribution in [0, 0.1) is 11.7 Å². The molecular formula is C22H23FN2O7S. The highest BCUT2D eigenvalue weighted by molar-refractivity contribution is 7.89. The SMILES string of the molecule is COC(=O)c1cc(NC(=O)C2CCCN(S(=O)(=O)c3ccc(F)cc3)C2)cc(C(=O)OC)c1. The Hall–Kier alpha value is -3.31. The number of sulfonamides is 1. The molecule has 0 saturated carbocycles. The van der Waals surface area contributed by atoms with Crippen LogP contribution in [0.15, 0.2) is 47.4 Å². The Morgan fingerprint density at radius 3 is 2.12 bits per heavy atom. The minimum atomic E-state index is -3.90. The van der Waals surface area contributed by atoms with Crippen molar-refractivity contribution < 1.29 is 36.7 Å². The number of anilines is 1. The van der Waals surface area contributed by atoms with E-state index in [1.165, 1.54) is 48.9 Å². The van der Waals surface area contributed by atoms with E-state index in [2.05, 4.69) is 14.8 Å². The number of esters is 2. The van der Waals surface area contributed by atoms with Gasteiger partial charge in [-0.3, -0.25) is 4.79 Å². The third-order valence-corrected chi connectivity index (χ3v) is 7.13. The highest BCUT2D eigenvalue weighted by Crippen LogP contribution is 2.26. The van der Waals surface area contributed by atoms with Gasteiger partial charge >= 0.3 is 11.9 Å². The third kappa shape index (κ3) is 5.55. The van der Waals surface area contributed by atoms with E-state index in [0.717, 1.165) is 12.1 Å². The Kier molecular flexibility index (Phi) is 7.44. The maximum Gasteiger partial charge on any atom is 0.337 e. The van der Waals surface area contributed by atoms with E-state index in [1.807, 2.05) is 0 Å². The highest BCUT2D eigenvalue weighted by Gasteiger charge is 2.33. The number of hydrogen-bond donors (Lipinski definition) is 1. The molecular weight excluding hydrogens is 455 g/mol. The van der Waals surface area contributed by atoms with Crippen LogP contribution >= 0.6 is 0 Å². The van der Waals surface area contributed by atoms with E-state index >= 15 is 0 Å². The number of piperidine rings is 1. The number of amides is 1. The molecule has 2 aromatic rings. The Morgan fingerprint density at radius 2 is 1.58 bits per heavy atom. The summed E-state index contributed by atoms with van der Waals surface area (Å²) in [4.78, 5) is 36.7. The first-order chi connectivity index (χ1) is 15.6. The van der Waals surface area contributed by atoms with E-state index < -0.39 is 39.6 Å². The van der Waals surface area contributed by atoms with Gasteiger partial charge in [-0.1, -0.05) is 0 Å². The molecule has 1 amide bonds. The maximum atomic E-state index is 13.2. The molecule has 3 rings (SSSR count). The van der Waals surface area contributed by atoms with Crippen molar-refractivity contribution in [2.75, 3.05) is 32.6 Å². The van der Waals surface area contributed by atoms with Crippen LogP contribution in [0.1, 0.15) is 33.6 Å². The van der Waals surface area contributed by atoms with Gasteiger partial charge in [0.25, 0.3) is 0 Å². The van der Waals surface area contributed by atoms with Crippen molar-refractivity contribution >= 4 is 33.6 Å². The molecule has 11 heteroatoms. The molecule has 2 aromatic carbocycles. The molecule has 0 bridgehead atoms. The molecule has 1 unspecified atom stereocenters. The zero-order chi connectivity index (χ0) is 24.2. The number of halogens is 1. The van der Waals surface area contributed by atoms with Crippen molar-refractivity contribution in [3.8, 4) is 0 Å². The van der Waals surface area contributed by atoms with Gasteiger partial charge in [-0.25, -0.2) is 22.4 Å². The zero-order valence-electron chi connectivity index (χ0n) is 18.0. The molecule has 0 aromatic heterocycles. The predicted octanol–water partition coefficient (Wildman–Crippen LogP) is 2.44. The molecule has 1 aliphatic heterocycles. The molecule has 1 atom stereocenters. The lowest BCUT2D eigenvalue weighted by molar-refractivity contribution is -0.120. The van der Waals surface area contributed by atoms with Gasteiger partial charge < -0.3 is 14.8 Å². The van der Waals surface area contributed by atoms with E-state index in [0.29, 0.717) is 12.8 Å². The van der Waals surface area contributed by atoms with Gasteiger partial charge in [-0.2, -0.15) is 4.31 Å². The second-order valence-electron chi connectivity index (χ2n) is 7.43. The molecule has 1 saturated heterocycles. The molecule has 0 radical (unpaired) electrons. The lowest BCUT2D eigenvalue weighted by Gasteiger charge is -2.31. The number of hydrogen-bond acceptors (Lipinski definition) is 7. The molecule has 0 aliphatic carbocycles. The topological polar surface area (TPSA) is 119 Å². The summed E-state index contributed by atoms with van der Waals surface area (Å²) in [5.41, 5.74) is 0.251. The van der Waals surface area contributed by atoms with Crippen LogP contribution in [-0.2, 0) is 24.3 Å². The summed E-state index contributed by atoms with van der Waals surface area (Å²) >= 11 is 0. The fourth-order valence-corrected chi connectivity index (χ4v) is 5.07. The Morgan fingerprint density at radius 1 is 1.00 bits per heavy atom. The van der Waals surface area contributed by atoms with Gasteiger partial charge in [0.2, 0.25) is 15.9 Å². The van der Waals surface area contributed by atoms with Gasteiger partial charge in [0.1, 0.15) is 5.82 Å². The summed E-state index contributed by atoms with van der Waals surface area (Å²) in [5, 5.41) is 2.64. The summed E-state index contributed by atoms with van der Waals surface area (Å²) in [6.45, 7) is 0.167. The number of nitrogens with one attached hydrogen (secondary N) is 1. The molecule has 0 spiro atoms. The quantitative estimate of drug-likeness (QED) is 0.634. The fourth-order valence-electron chi connectivity index (χ4n) is 3.55.